The Labute approximate surface area is 117 Å². The van der Waals surface area contributed by atoms with E-state index in [-0.39, 0.29) is 5.56 Å². The van der Waals surface area contributed by atoms with Crippen LogP contribution in [0.25, 0.3) is 22.4 Å². The maximum atomic E-state index is 11.0. The lowest BCUT2D eigenvalue weighted by molar-refractivity contribution is 0.0696. The van der Waals surface area contributed by atoms with Crippen LogP contribution in [-0.4, -0.2) is 21.0 Å². The predicted octanol–water partition coefficient (Wildman–Crippen LogP) is 3.69. The van der Waals surface area contributed by atoms with Crippen molar-refractivity contribution >= 4 is 32.9 Å². The first-order valence-electron chi connectivity index (χ1n) is 5.63. The molecule has 0 amide bonds. The third kappa shape index (κ3) is 2.13. The zero-order valence-electron chi connectivity index (χ0n) is 9.72. The van der Waals surface area contributed by atoms with Gasteiger partial charge in [-0.15, -0.1) is 0 Å². The molecule has 0 saturated carbocycles. The normalized spacial score (nSPS) is 10.8. The Hall–Kier alpha value is -2.14. The van der Waals surface area contributed by atoms with Crippen LogP contribution >= 0.6 is 15.9 Å². The largest absolute Gasteiger partial charge is 0.478 e. The summed E-state index contributed by atoms with van der Waals surface area (Å²) < 4.78 is 0.540. The Kier molecular flexibility index (Phi) is 2.83. The van der Waals surface area contributed by atoms with E-state index in [9.17, 15) is 4.79 Å². The Morgan fingerprint density at radius 1 is 1.21 bits per heavy atom. The molecule has 0 bridgehead atoms. The van der Waals surface area contributed by atoms with E-state index in [0.717, 1.165) is 22.4 Å². The molecule has 1 heterocycles. The van der Waals surface area contributed by atoms with Gasteiger partial charge in [0.25, 0.3) is 0 Å². The zero-order valence-corrected chi connectivity index (χ0v) is 11.3. The number of H-pyrrole nitrogens is 1. The van der Waals surface area contributed by atoms with Crippen molar-refractivity contribution in [2.75, 3.05) is 0 Å². The van der Waals surface area contributed by atoms with E-state index in [4.69, 9.17) is 5.11 Å². The van der Waals surface area contributed by atoms with Gasteiger partial charge in [-0.1, -0.05) is 18.2 Å². The number of aromatic nitrogens is 2. The molecule has 5 heteroatoms. The summed E-state index contributed by atoms with van der Waals surface area (Å²) in [5, 5.41) is 8.99. The average molecular weight is 317 g/mol. The van der Waals surface area contributed by atoms with E-state index in [0.29, 0.717) is 4.47 Å². The van der Waals surface area contributed by atoms with Gasteiger partial charge in [0.1, 0.15) is 5.82 Å². The summed E-state index contributed by atoms with van der Waals surface area (Å²) in [6.45, 7) is 0. The minimum absolute atomic E-state index is 0.236. The van der Waals surface area contributed by atoms with Gasteiger partial charge in [-0.25, -0.2) is 9.78 Å². The van der Waals surface area contributed by atoms with Crippen LogP contribution in [0.4, 0.5) is 0 Å². The summed E-state index contributed by atoms with van der Waals surface area (Å²) in [5.41, 5.74) is 2.92. The molecule has 0 aliphatic carbocycles. The van der Waals surface area contributed by atoms with Crippen LogP contribution in [0.3, 0.4) is 0 Å². The van der Waals surface area contributed by atoms with Crippen LogP contribution in [0.5, 0.6) is 0 Å². The fourth-order valence-electron chi connectivity index (χ4n) is 1.93. The van der Waals surface area contributed by atoms with Crippen molar-refractivity contribution in [3.05, 3.63) is 52.5 Å². The van der Waals surface area contributed by atoms with E-state index >= 15 is 0 Å². The van der Waals surface area contributed by atoms with Gasteiger partial charge in [-0.2, -0.15) is 0 Å². The number of fused-ring (bicyclic) bond motifs is 1. The van der Waals surface area contributed by atoms with Crippen LogP contribution in [0.2, 0.25) is 0 Å². The number of carbonyl (C=O) groups is 1. The van der Waals surface area contributed by atoms with Crippen molar-refractivity contribution in [1.82, 2.24) is 9.97 Å². The molecular formula is C14H9BrN2O2. The van der Waals surface area contributed by atoms with Gasteiger partial charge in [-0.3, -0.25) is 0 Å². The lowest BCUT2D eigenvalue weighted by atomic mass is 10.1. The first kappa shape index (κ1) is 11.9. The SMILES string of the molecule is O=C(O)c1ccc(-c2nc3ccccc3[nH]2)cc1Br. The molecule has 0 aliphatic rings. The summed E-state index contributed by atoms with van der Waals surface area (Å²) >= 11 is 3.27. The van der Waals surface area contributed by atoms with Crippen LogP contribution < -0.4 is 0 Å². The van der Waals surface area contributed by atoms with E-state index in [1.165, 1.54) is 0 Å². The zero-order chi connectivity index (χ0) is 13.4. The number of benzene rings is 2. The molecule has 94 valence electrons. The molecule has 0 aliphatic heterocycles. The standard InChI is InChI=1S/C14H9BrN2O2/c15-10-7-8(5-6-9(10)14(18)19)13-16-11-3-1-2-4-12(11)17-13/h1-7H,(H,16,17)(H,18,19). The molecule has 0 atom stereocenters. The molecule has 0 saturated heterocycles. The number of aromatic amines is 1. The summed E-state index contributed by atoms with van der Waals surface area (Å²) in [7, 11) is 0. The maximum Gasteiger partial charge on any atom is 0.336 e. The monoisotopic (exact) mass is 316 g/mol. The molecule has 19 heavy (non-hydrogen) atoms. The summed E-state index contributed by atoms with van der Waals surface area (Å²) in [6, 6.07) is 12.8. The molecule has 0 fully saturated rings. The third-order valence-corrected chi connectivity index (χ3v) is 3.52. The topological polar surface area (TPSA) is 66.0 Å². The van der Waals surface area contributed by atoms with Crippen molar-refractivity contribution in [3.63, 3.8) is 0 Å². The Morgan fingerprint density at radius 2 is 2.00 bits per heavy atom. The van der Waals surface area contributed by atoms with Gasteiger partial charge in [-0.05, 0) is 40.2 Å². The van der Waals surface area contributed by atoms with E-state index in [2.05, 4.69) is 25.9 Å². The van der Waals surface area contributed by atoms with E-state index in [1.54, 1.807) is 18.2 Å². The number of halogens is 1. The maximum absolute atomic E-state index is 11.0. The fourth-order valence-corrected chi connectivity index (χ4v) is 2.47. The number of hydrogen-bond acceptors (Lipinski definition) is 2. The Bertz CT molecular complexity index is 747. The van der Waals surface area contributed by atoms with Crippen molar-refractivity contribution in [2.24, 2.45) is 0 Å². The first-order chi connectivity index (χ1) is 9.15. The number of para-hydroxylation sites is 2. The number of carboxylic acid groups (broad SMARTS) is 1. The average Bonchev–Trinajstić information content (AvgIpc) is 2.81. The quantitative estimate of drug-likeness (QED) is 0.757. The molecular weight excluding hydrogens is 308 g/mol. The van der Waals surface area contributed by atoms with Crippen LogP contribution in [0.1, 0.15) is 10.4 Å². The third-order valence-electron chi connectivity index (χ3n) is 2.86. The smallest absolute Gasteiger partial charge is 0.336 e. The minimum Gasteiger partial charge on any atom is -0.478 e. The van der Waals surface area contributed by atoms with Crippen LogP contribution in [0.15, 0.2) is 46.9 Å². The highest BCUT2D eigenvalue weighted by Gasteiger charge is 2.11. The lowest BCUT2D eigenvalue weighted by Crippen LogP contribution is -1.97. The highest BCUT2D eigenvalue weighted by molar-refractivity contribution is 9.10. The Morgan fingerprint density at radius 3 is 2.68 bits per heavy atom. The number of aromatic carboxylic acids is 1. The molecule has 2 N–H and O–H groups in total. The molecule has 0 unspecified atom stereocenters. The van der Waals surface area contributed by atoms with Gasteiger partial charge in [0.05, 0.1) is 16.6 Å². The van der Waals surface area contributed by atoms with Crippen molar-refractivity contribution < 1.29 is 9.90 Å². The Balaban J connectivity index is 2.11. The molecule has 4 nitrogen and oxygen atoms in total. The van der Waals surface area contributed by atoms with Crippen molar-refractivity contribution in [2.45, 2.75) is 0 Å². The molecule has 3 aromatic rings. The van der Waals surface area contributed by atoms with Crippen molar-refractivity contribution in [3.8, 4) is 11.4 Å². The fraction of sp³-hybridized carbons (Fsp3) is 0. The van der Waals surface area contributed by atoms with E-state index < -0.39 is 5.97 Å². The van der Waals surface area contributed by atoms with Crippen molar-refractivity contribution in [1.29, 1.82) is 0 Å². The predicted molar refractivity (Wildman–Crippen MR) is 76.2 cm³/mol. The van der Waals surface area contributed by atoms with Crippen LogP contribution in [0, 0.1) is 0 Å². The number of hydrogen-bond donors (Lipinski definition) is 2. The summed E-state index contributed by atoms with van der Waals surface area (Å²) in [5.74, 6) is -0.234. The highest BCUT2D eigenvalue weighted by Crippen LogP contribution is 2.26. The van der Waals surface area contributed by atoms with Gasteiger partial charge in [0, 0.05) is 10.0 Å². The van der Waals surface area contributed by atoms with Gasteiger partial charge < -0.3 is 10.1 Å². The molecule has 0 spiro atoms. The molecule has 0 radical (unpaired) electrons. The number of carboxylic acids is 1. The lowest BCUT2D eigenvalue weighted by Gasteiger charge is -2.01. The first-order valence-corrected chi connectivity index (χ1v) is 6.42. The number of rotatable bonds is 2. The molecule has 1 aromatic heterocycles. The van der Waals surface area contributed by atoms with Crippen LogP contribution in [-0.2, 0) is 0 Å². The number of nitrogens with one attached hydrogen (secondary N) is 1. The minimum atomic E-state index is -0.956. The van der Waals surface area contributed by atoms with Gasteiger partial charge in [0.15, 0.2) is 0 Å². The second kappa shape index (κ2) is 4.51. The second-order valence-electron chi connectivity index (χ2n) is 4.10. The van der Waals surface area contributed by atoms with Gasteiger partial charge in [0.2, 0.25) is 0 Å². The summed E-state index contributed by atoms with van der Waals surface area (Å²) in [4.78, 5) is 18.6. The highest BCUT2D eigenvalue weighted by atomic mass is 79.9. The second-order valence-corrected chi connectivity index (χ2v) is 4.96. The van der Waals surface area contributed by atoms with E-state index in [1.807, 2.05) is 24.3 Å². The molecule has 3 rings (SSSR count). The number of imidazole rings is 1. The molecule has 2 aromatic carbocycles. The van der Waals surface area contributed by atoms with Gasteiger partial charge >= 0.3 is 5.97 Å². The summed E-state index contributed by atoms with van der Waals surface area (Å²) in [6.07, 6.45) is 0. The number of nitrogens with zero attached hydrogens (tertiary/aromatic N) is 1.